The summed E-state index contributed by atoms with van der Waals surface area (Å²) in [7, 11) is 0. The molecule has 15 heavy (non-hydrogen) atoms. The van der Waals surface area contributed by atoms with Gasteiger partial charge < -0.3 is 4.74 Å². The molecule has 0 atom stereocenters. The van der Waals surface area contributed by atoms with Gasteiger partial charge in [-0.3, -0.25) is 4.99 Å². The predicted octanol–water partition coefficient (Wildman–Crippen LogP) is 2.91. The molecule has 0 unspecified atom stereocenters. The number of nitrogens with zero attached hydrogens (tertiary/aromatic N) is 1. The summed E-state index contributed by atoms with van der Waals surface area (Å²) in [6.45, 7) is 5.06. The van der Waals surface area contributed by atoms with Gasteiger partial charge in [-0.05, 0) is 29.6 Å². The molecular weight excluding hydrogens is 305 g/mol. The van der Waals surface area contributed by atoms with Gasteiger partial charge in [0.15, 0.2) is 0 Å². The van der Waals surface area contributed by atoms with E-state index in [0.717, 1.165) is 13.0 Å². The van der Waals surface area contributed by atoms with Crippen molar-refractivity contribution in [2.45, 2.75) is 20.3 Å². The molecule has 0 aromatic rings. The third-order valence-electron chi connectivity index (χ3n) is 1.45. The van der Waals surface area contributed by atoms with Crippen LogP contribution in [0, 0.1) is 0 Å². The van der Waals surface area contributed by atoms with Crippen molar-refractivity contribution >= 4 is 34.8 Å². The molecule has 0 bridgehead atoms. The fourth-order valence-electron chi connectivity index (χ4n) is 0.775. The Morgan fingerprint density at radius 2 is 2.20 bits per heavy atom. The van der Waals surface area contributed by atoms with Crippen LogP contribution < -0.4 is 0 Å². The van der Waals surface area contributed by atoms with Gasteiger partial charge in [-0.1, -0.05) is 29.5 Å². The maximum absolute atomic E-state index is 11.3. The summed E-state index contributed by atoms with van der Waals surface area (Å²) in [5.74, 6) is -0.299. The van der Waals surface area contributed by atoms with E-state index in [-0.39, 0.29) is 5.97 Å². The van der Waals surface area contributed by atoms with Crippen molar-refractivity contribution in [3.8, 4) is 0 Å². The van der Waals surface area contributed by atoms with E-state index < -0.39 is 0 Å². The Labute approximate surface area is 104 Å². The molecule has 0 fully saturated rings. The van der Waals surface area contributed by atoms with E-state index >= 15 is 0 Å². The van der Waals surface area contributed by atoms with Crippen molar-refractivity contribution in [2.75, 3.05) is 13.2 Å². The summed E-state index contributed by atoms with van der Waals surface area (Å²) in [6, 6.07) is 0. The molecule has 4 heteroatoms. The molecule has 0 aliphatic rings. The summed E-state index contributed by atoms with van der Waals surface area (Å²) < 4.78 is 6.56. The Kier molecular flexibility index (Phi) is 9.46. The van der Waals surface area contributed by atoms with Gasteiger partial charge in [0.1, 0.15) is 0 Å². The Morgan fingerprint density at radius 3 is 2.73 bits per heavy atom. The quantitative estimate of drug-likeness (QED) is 0.248. The molecule has 0 N–H and O–H groups in total. The number of aliphatic imine (C=N–C) groups is 1. The van der Waals surface area contributed by atoms with E-state index in [9.17, 15) is 4.79 Å². The standard InChI is InChI=1S/C11H16INO2/c1-3-7-13-8-5-6-10(9-12)11(14)15-4-2/h5-6,8-9H,3-4,7H2,1-2H3/b6-5-,10-9+,13-8?. The molecule has 0 spiro atoms. The first-order valence-corrected chi connectivity index (χ1v) is 6.14. The fraction of sp³-hybridized carbons (Fsp3) is 0.455. The van der Waals surface area contributed by atoms with Crippen LogP contribution in [0.25, 0.3) is 0 Å². The zero-order valence-electron chi connectivity index (χ0n) is 9.07. The van der Waals surface area contributed by atoms with Gasteiger partial charge in [0.2, 0.25) is 0 Å². The largest absolute Gasteiger partial charge is 0.462 e. The number of ether oxygens (including phenoxy) is 1. The zero-order valence-corrected chi connectivity index (χ0v) is 11.2. The maximum atomic E-state index is 11.3. The second kappa shape index (κ2) is 9.89. The van der Waals surface area contributed by atoms with Gasteiger partial charge in [-0.2, -0.15) is 0 Å². The number of hydrogen-bond acceptors (Lipinski definition) is 3. The summed E-state index contributed by atoms with van der Waals surface area (Å²) in [5.41, 5.74) is 0.542. The van der Waals surface area contributed by atoms with Gasteiger partial charge in [-0.15, -0.1) is 0 Å². The van der Waals surface area contributed by atoms with Crippen LogP contribution in [0.3, 0.4) is 0 Å². The Morgan fingerprint density at radius 1 is 1.47 bits per heavy atom. The summed E-state index contributed by atoms with van der Waals surface area (Å²) in [5, 5.41) is 0. The van der Waals surface area contributed by atoms with Crippen LogP contribution in [0.15, 0.2) is 26.8 Å². The van der Waals surface area contributed by atoms with Crippen molar-refractivity contribution in [3.63, 3.8) is 0 Å². The number of halogens is 1. The first-order valence-electron chi connectivity index (χ1n) is 4.90. The lowest BCUT2D eigenvalue weighted by molar-refractivity contribution is -0.138. The highest BCUT2D eigenvalue weighted by molar-refractivity contribution is 14.1. The van der Waals surface area contributed by atoms with Crippen molar-refractivity contribution in [1.29, 1.82) is 0 Å². The minimum Gasteiger partial charge on any atom is -0.462 e. The van der Waals surface area contributed by atoms with Crippen LogP contribution in [0.4, 0.5) is 0 Å². The zero-order chi connectivity index (χ0) is 11.5. The fourth-order valence-corrected chi connectivity index (χ4v) is 1.24. The number of esters is 1. The third-order valence-corrected chi connectivity index (χ3v) is 2.12. The number of carbonyl (C=O) groups is 1. The van der Waals surface area contributed by atoms with E-state index in [1.165, 1.54) is 0 Å². The average Bonchev–Trinajstić information content (AvgIpc) is 2.23. The van der Waals surface area contributed by atoms with Gasteiger partial charge in [0.05, 0.1) is 12.2 Å². The minimum atomic E-state index is -0.299. The molecule has 3 nitrogen and oxygen atoms in total. The Balaban J connectivity index is 4.16. The van der Waals surface area contributed by atoms with Gasteiger partial charge >= 0.3 is 5.97 Å². The summed E-state index contributed by atoms with van der Waals surface area (Å²) >= 11 is 2.01. The number of hydrogen-bond donors (Lipinski definition) is 0. The summed E-state index contributed by atoms with van der Waals surface area (Å²) in [4.78, 5) is 15.4. The van der Waals surface area contributed by atoms with Crippen LogP contribution in [0.5, 0.6) is 0 Å². The van der Waals surface area contributed by atoms with E-state index in [2.05, 4.69) is 11.9 Å². The molecule has 0 amide bonds. The maximum Gasteiger partial charge on any atom is 0.338 e. The van der Waals surface area contributed by atoms with Crippen molar-refractivity contribution in [1.82, 2.24) is 0 Å². The number of rotatable bonds is 6. The van der Waals surface area contributed by atoms with E-state index in [0.29, 0.717) is 12.2 Å². The number of allylic oxidation sites excluding steroid dienone is 1. The highest BCUT2D eigenvalue weighted by atomic mass is 127. The van der Waals surface area contributed by atoms with Crippen LogP contribution in [-0.2, 0) is 9.53 Å². The topological polar surface area (TPSA) is 38.7 Å². The Hall–Kier alpha value is -0.650. The SMILES string of the molecule is CCCN=C/C=C\C(=C/I)C(=O)OCC. The average molecular weight is 321 g/mol. The highest BCUT2D eigenvalue weighted by Crippen LogP contribution is 2.04. The van der Waals surface area contributed by atoms with Gasteiger partial charge in [0, 0.05) is 12.8 Å². The van der Waals surface area contributed by atoms with Crippen molar-refractivity contribution in [2.24, 2.45) is 4.99 Å². The molecule has 0 aliphatic heterocycles. The monoisotopic (exact) mass is 321 g/mol. The second-order valence-electron chi connectivity index (χ2n) is 2.70. The lowest BCUT2D eigenvalue weighted by Gasteiger charge is -1.99. The molecule has 0 aromatic carbocycles. The van der Waals surface area contributed by atoms with Crippen LogP contribution in [-0.4, -0.2) is 25.3 Å². The van der Waals surface area contributed by atoms with Crippen LogP contribution in [0.1, 0.15) is 20.3 Å². The third kappa shape index (κ3) is 7.30. The minimum absolute atomic E-state index is 0.299. The number of carbonyl (C=O) groups excluding carboxylic acids is 1. The lowest BCUT2D eigenvalue weighted by Crippen LogP contribution is -2.05. The van der Waals surface area contributed by atoms with Crippen LogP contribution in [0.2, 0.25) is 0 Å². The molecule has 0 rings (SSSR count). The smallest absolute Gasteiger partial charge is 0.338 e. The van der Waals surface area contributed by atoms with Gasteiger partial charge in [-0.25, -0.2) is 4.79 Å². The van der Waals surface area contributed by atoms with Gasteiger partial charge in [0.25, 0.3) is 0 Å². The second-order valence-corrected chi connectivity index (χ2v) is 3.32. The van der Waals surface area contributed by atoms with E-state index in [1.807, 2.05) is 22.6 Å². The first kappa shape index (κ1) is 14.3. The lowest BCUT2D eigenvalue weighted by atomic mass is 10.3. The summed E-state index contributed by atoms with van der Waals surface area (Å²) in [6.07, 6.45) is 6.17. The van der Waals surface area contributed by atoms with Crippen molar-refractivity contribution in [3.05, 3.63) is 21.8 Å². The molecule has 0 aliphatic carbocycles. The van der Waals surface area contributed by atoms with E-state index in [1.54, 1.807) is 29.4 Å². The predicted molar refractivity (Wildman–Crippen MR) is 71.5 cm³/mol. The molecule has 0 saturated heterocycles. The van der Waals surface area contributed by atoms with E-state index in [4.69, 9.17) is 4.74 Å². The highest BCUT2D eigenvalue weighted by Gasteiger charge is 2.04. The molecule has 0 radical (unpaired) electrons. The molecular formula is C11H16INO2. The molecule has 0 heterocycles. The van der Waals surface area contributed by atoms with Crippen molar-refractivity contribution < 1.29 is 9.53 Å². The van der Waals surface area contributed by atoms with Crippen LogP contribution >= 0.6 is 22.6 Å². The Bertz CT molecular complexity index is 270. The molecule has 84 valence electrons. The normalized spacial score (nSPS) is 12.6. The molecule has 0 saturated carbocycles. The molecule has 0 aromatic heterocycles. The first-order chi connectivity index (χ1) is 7.26.